The molecule has 0 aliphatic rings. The molecule has 5 nitrogen and oxygen atoms in total. The summed E-state index contributed by atoms with van der Waals surface area (Å²) in [4.78, 5) is 0.178. The van der Waals surface area contributed by atoms with Crippen LogP contribution in [-0.4, -0.2) is 37.7 Å². The molecule has 0 fully saturated rings. The van der Waals surface area contributed by atoms with Gasteiger partial charge in [-0.3, -0.25) is 0 Å². The molecule has 1 rings (SSSR count). The number of anilines is 1. The Morgan fingerprint density at radius 1 is 1.47 bits per heavy atom. The highest BCUT2D eigenvalue weighted by Gasteiger charge is 2.24. The standard InChI is InChI=1S/C12H20N2O3S2/c1-8-10(13)5-4-6-12(8)19(16,17)14-9(2)11(7-15)18-3/h4-6,9,11,14-15H,7,13H2,1-3H3. The molecule has 0 saturated heterocycles. The predicted octanol–water partition coefficient (Wildman–Crippen LogP) is 0.968. The molecule has 7 heteroatoms. The van der Waals surface area contributed by atoms with Crippen LogP contribution in [0.25, 0.3) is 0 Å². The zero-order valence-corrected chi connectivity index (χ0v) is 12.9. The number of hydrogen-bond donors (Lipinski definition) is 3. The highest BCUT2D eigenvalue weighted by molar-refractivity contribution is 7.99. The van der Waals surface area contributed by atoms with Crippen molar-refractivity contribution in [3.8, 4) is 0 Å². The van der Waals surface area contributed by atoms with Crippen LogP contribution in [0.5, 0.6) is 0 Å². The molecule has 0 aliphatic carbocycles. The van der Waals surface area contributed by atoms with E-state index >= 15 is 0 Å². The first-order valence-electron chi connectivity index (χ1n) is 5.84. The van der Waals surface area contributed by atoms with Gasteiger partial charge >= 0.3 is 0 Å². The summed E-state index contributed by atoms with van der Waals surface area (Å²) in [5.41, 5.74) is 6.70. The van der Waals surface area contributed by atoms with E-state index in [9.17, 15) is 13.5 Å². The molecule has 0 aromatic heterocycles. The second kappa shape index (κ2) is 6.60. The first kappa shape index (κ1) is 16.3. The third-order valence-corrected chi connectivity index (χ3v) is 5.86. The number of nitrogens with one attached hydrogen (secondary N) is 1. The summed E-state index contributed by atoms with van der Waals surface area (Å²) in [6, 6.07) is 4.43. The number of aliphatic hydroxyl groups is 1. The van der Waals surface area contributed by atoms with Crippen molar-refractivity contribution >= 4 is 27.5 Å². The Bertz CT molecular complexity index is 528. The van der Waals surface area contributed by atoms with Gasteiger partial charge in [-0.25, -0.2) is 13.1 Å². The molecule has 1 aromatic rings. The molecular formula is C12H20N2O3S2. The van der Waals surface area contributed by atoms with Crippen molar-refractivity contribution in [1.29, 1.82) is 0 Å². The fourth-order valence-corrected chi connectivity index (χ4v) is 4.01. The number of nitrogens with two attached hydrogens (primary N) is 1. The molecule has 0 aliphatic heterocycles. The molecule has 0 bridgehead atoms. The lowest BCUT2D eigenvalue weighted by atomic mass is 10.2. The molecule has 0 amide bonds. The monoisotopic (exact) mass is 304 g/mol. The number of hydrogen-bond acceptors (Lipinski definition) is 5. The van der Waals surface area contributed by atoms with Crippen molar-refractivity contribution in [2.45, 2.75) is 30.0 Å². The van der Waals surface area contributed by atoms with Crippen molar-refractivity contribution in [3.05, 3.63) is 23.8 Å². The quantitative estimate of drug-likeness (QED) is 0.681. The van der Waals surface area contributed by atoms with Gasteiger partial charge in [-0.1, -0.05) is 6.07 Å². The molecule has 2 atom stereocenters. The van der Waals surface area contributed by atoms with Crippen LogP contribution in [-0.2, 0) is 10.0 Å². The maximum absolute atomic E-state index is 12.3. The van der Waals surface area contributed by atoms with Crippen LogP contribution in [0.2, 0.25) is 0 Å². The lowest BCUT2D eigenvalue weighted by Crippen LogP contribution is -2.41. The van der Waals surface area contributed by atoms with Crippen LogP contribution < -0.4 is 10.5 Å². The summed E-state index contributed by atoms with van der Waals surface area (Å²) in [5.74, 6) is 0. The fourth-order valence-electron chi connectivity index (χ4n) is 1.74. The molecule has 19 heavy (non-hydrogen) atoms. The Hall–Kier alpha value is -0.760. The molecule has 4 N–H and O–H groups in total. The number of nitrogen functional groups attached to an aromatic ring is 1. The second-order valence-electron chi connectivity index (χ2n) is 4.34. The molecule has 0 saturated carbocycles. The van der Waals surface area contributed by atoms with E-state index in [1.54, 1.807) is 26.0 Å². The minimum Gasteiger partial charge on any atom is -0.398 e. The van der Waals surface area contributed by atoms with Gasteiger partial charge in [0.05, 0.1) is 11.5 Å². The number of thioether (sulfide) groups is 1. The molecule has 0 heterocycles. The van der Waals surface area contributed by atoms with Gasteiger partial charge in [0.25, 0.3) is 0 Å². The smallest absolute Gasteiger partial charge is 0.241 e. The molecule has 2 unspecified atom stereocenters. The first-order valence-corrected chi connectivity index (χ1v) is 8.61. The maximum atomic E-state index is 12.3. The third-order valence-electron chi connectivity index (χ3n) is 3.00. The van der Waals surface area contributed by atoms with Gasteiger partial charge in [-0.15, -0.1) is 0 Å². The lowest BCUT2D eigenvalue weighted by molar-refractivity contribution is 0.282. The molecule has 0 radical (unpaired) electrons. The van der Waals surface area contributed by atoms with Gasteiger partial charge in [0, 0.05) is 17.0 Å². The van der Waals surface area contributed by atoms with Crippen molar-refractivity contribution in [2.75, 3.05) is 18.6 Å². The summed E-state index contributed by atoms with van der Waals surface area (Å²) in [6.45, 7) is 3.32. The molecule has 0 spiro atoms. The van der Waals surface area contributed by atoms with Crippen molar-refractivity contribution in [2.24, 2.45) is 0 Å². The van der Waals surface area contributed by atoms with E-state index in [0.29, 0.717) is 11.3 Å². The summed E-state index contributed by atoms with van der Waals surface area (Å²) >= 11 is 1.42. The molecule has 1 aromatic carbocycles. The van der Waals surface area contributed by atoms with Gasteiger partial charge in [0.2, 0.25) is 10.0 Å². The average molecular weight is 304 g/mol. The van der Waals surface area contributed by atoms with E-state index in [2.05, 4.69) is 4.72 Å². The number of aliphatic hydroxyl groups excluding tert-OH is 1. The van der Waals surface area contributed by atoms with Crippen LogP contribution in [0.1, 0.15) is 12.5 Å². The zero-order valence-electron chi connectivity index (χ0n) is 11.3. The zero-order chi connectivity index (χ0) is 14.6. The predicted molar refractivity (Wildman–Crippen MR) is 79.8 cm³/mol. The largest absolute Gasteiger partial charge is 0.398 e. The normalized spacial score (nSPS) is 15.2. The van der Waals surface area contributed by atoms with E-state index in [1.807, 2.05) is 6.26 Å². The highest BCUT2D eigenvalue weighted by atomic mass is 32.2. The topological polar surface area (TPSA) is 92.4 Å². The highest BCUT2D eigenvalue weighted by Crippen LogP contribution is 2.21. The number of benzene rings is 1. The van der Waals surface area contributed by atoms with Gasteiger partial charge in [-0.05, 0) is 37.8 Å². The Labute approximate surface area is 118 Å². The van der Waals surface area contributed by atoms with Gasteiger partial charge in [0.1, 0.15) is 0 Å². The first-order chi connectivity index (χ1) is 8.83. The Morgan fingerprint density at radius 2 is 2.11 bits per heavy atom. The van der Waals surface area contributed by atoms with Crippen molar-refractivity contribution < 1.29 is 13.5 Å². The Morgan fingerprint density at radius 3 is 2.63 bits per heavy atom. The lowest BCUT2D eigenvalue weighted by Gasteiger charge is -2.21. The summed E-state index contributed by atoms with van der Waals surface area (Å²) in [5, 5.41) is 9.00. The summed E-state index contributed by atoms with van der Waals surface area (Å²) < 4.78 is 27.2. The van der Waals surface area contributed by atoms with E-state index < -0.39 is 10.0 Å². The minimum absolute atomic E-state index is 0.0826. The van der Waals surface area contributed by atoms with E-state index in [-0.39, 0.29) is 22.8 Å². The third kappa shape index (κ3) is 3.85. The van der Waals surface area contributed by atoms with E-state index in [0.717, 1.165) is 0 Å². The summed E-state index contributed by atoms with van der Waals surface area (Å²) in [7, 11) is -3.63. The van der Waals surface area contributed by atoms with Crippen molar-refractivity contribution in [3.63, 3.8) is 0 Å². The number of rotatable bonds is 6. The molecule has 108 valence electrons. The SMILES string of the molecule is CSC(CO)C(C)NS(=O)(=O)c1cccc(N)c1C. The van der Waals surface area contributed by atoms with E-state index in [4.69, 9.17) is 5.73 Å². The van der Waals surface area contributed by atoms with Gasteiger partial charge in [-0.2, -0.15) is 11.8 Å². The van der Waals surface area contributed by atoms with Crippen molar-refractivity contribution in [1.82, 2.24) is 4.72 Å². The Kier molecular flexibility index (Phi) is 5.66. The van der Waals surface area contributed by atoms with Gasteiger partial charge < -0.3 is 10.8 Å². The Balaban J connectivity index is 3.02. The van der Waals surface area contributed by atoms with Crippen LogP contribution >= 0.6 is 11.8 Å². The van der Waals surface area contributed by atoms with E-state index in [1.165, 1.54) is 17.8 Å². The average Bonchev–Trinajstić information content (AvgIpc) is 2.33. The fraction of sp³-hybridized carbons (Fsp3) is 0.500. The minimum atomic E-state index is -3.63. The van der Waals surface area contributed by atoms with Crippen LogP contribution in [0.4, 0.5) is 5.69 Å². The van der Waals surface area contributed by atoms with Crippen LogP contribution in [0, 0.1) is 6.92 Å². The van der Waals surface area contributed by atoms with Gasteiger partial charge in [0.15, 0.2) is 0 Å². The maximum Gasteiger partial charge on any atom is 0.241 e. The summed E-state index contributed by atoms with van der Waals surface area (Å²) in [6.07, 6.45) is 1.83. The number of sulfonamides is 1. The van der Waals surface area contributed by atoms with Crippen LogP contribution in [0.15, 0.2) is 23.1 Å². The van der Waals surface area contributed by atoms with Crippen LogP contribution in [0.3, 0.4) is 0 Å². The second-order valence-corrected chi connectivity index (χ2v) is 7.10. The molecular weight excluding hydrogens is 284 g/mol.